The summed E-state index contributed by atoms with van der Waals surface area (Å²) in [6.07, 6.45) is 94.0. The molecule has 0 saturated heterocycles. The van der Waals surface area contributed by atoms with Crippen LogP contribution in [0.2, 0.25) is 0 Å². The van der Waals surface area contributed by atoms with Crippen LogP contribution in [0.15, 0.2) is 24.3 Å². The second kappa shape index (κ2) is 73.8. The summed E-state index contributed by atoms with van der Waals surface area (Å²) in [5.41, 5.74) is 0. The highest BCUT2D eigenvalue weighted by Gasteiger charge is 2.20. The molecule has 0 aromatic carbocycles. The number of rotatable bonds is 73. The summed E-state index contributed by atoms with van der Waals surface area (Å²) in [6, 6.07) is -0.540. The Morgan fingerprint density at radius 3 is 0.940 bits per heavy atom. The third-order valence-corrected chi connectivity index (χ3v) is 18.3. The summed E-state index contributed by atoms with van der Waals surface area (Å²) < 4.78 is 5.49. The van der Waals surface area contributed by atoms with E-state index in [9.17, 15) is 19.8 Å². The largest absolute Gasteiger partial charge is 0.466 e. The Bertz CT molecular complexity index is 1320. The fraction of sp³-hybridized carbons (Fsp3) is 0.923. The summed E-state index contributed by atoms with van der Waals surface area (Å²) in [5.74, 6) is -0.0193. The minimum Gasteiger partial charge on any atom is -0.466 e. The van der Waals surface area contributed by atoms with E-state index in [0.29, 0.717) is 25.9 Å². The lowest BCUT2D eigenvalue weighted by Crippen LogP contribution is -2.45. The number of hydrogen-bond acceptors (Lipinski definition) is 5. The molecule has 6 nitrogen and oxygen atoms in total. The number of allylic oxidation sites excluding steroid dienone is 4. The van der Waals surface area contributed by atoms with Crippen molar-refractivity contribution >= 4 is 11.9 Å². The van der Waals surface area contributed by atoms with Gasteiger partial charge in [-0.1, -0.05) is 398 Å². The highest BCUT2D eigenvalue weighted by atomic mass is 16.5. The van der Waals surface area contributed by atoms with Crippen molar-refractivity contribution in [1.82, 2.24) is 5.32 Å². The molecule has 6 heteroatoms. The average Bonchev–Trinajstić information content (AvgIpc) is 3.51. The number of hydrogen-bond donors (Lipinski definition) is 3. The predicted octanol–water partition coefficient (Wildman–Crippen LogP) is 25.3. The number of esters is 1. The van der Waals surface area contributed by atoms with Crippen molar-refractivity contribution < 1.29 is 24.5 Å². The third-order valence-electron chi connectivity index (χ3n) is 18.3. The molecule has 3 N–H and O–H groups in total. The lowest BCUT2D eigenvalue weighted by Gasteiger charge is -2.22. The number of ether oxygens (including phenoxy) is 1. The van der Waals surface area contributed by atoms with Gasteiger partial charge in [0.05, 0.1) is 25.4 Å². The van der Waals surface area contributed by atoms with Crippen LogP contribution in [0, 0.1) is 0 Å². The van der Waals surface area contributed by atoms with Gasteiger partial charge in [-0.25, -0.2) is 0 Å². The van der Waals surface area contributed by atoms with Crippen LogP contribution in [0.25, 0.3) is 0 Å². The Kier molecular flexibility index (Phi) is 72.3. The molecule has 0 aliphatic rings. The lowest BCUT2D eigenvalue weighted by atomic mass is 10.0. The van der Waals surface area contributed by atoms with Gasteiger partial charge in [0, 0.05) is 12.8 Å². The molecule has 0 saturated carbocycles. The van der Waals surface area contributed by atoms with E-state index in [1.165, 1.54) is 353 Å². The van der Waals surface area contributed by atoms with Crippen LogP contribution in [-0.2, 0) is 14.3 Å². The Hall–Kier alpha value is -1.66. The fourth-order valence-corrected chi connectivity index (χ4v) is 12.4. The molecule has 0 bridgehead atoms. The van der Waals surface area contributed by atoms with Gasteiger partial charge in [-0.2, -0.15) is 0 Å². The SMILES string of the molecule is CCCC/C=C\C/C=C\CCCCCCCC(=O)OCCCCCCCCCCCCCCCCCCCCCCCCCCCCCCCCC(=O)NC(CO)C(O)CCCCCCCCCCCCCCCCCCCCCCCCC. The van der Waals surface area contributed by atoms with Crippen LogP contribution in [-0.4, -0.2) is 47.4 Å². The molecular formula is C78H151NO5. The van der Waals surface area contributed by atoms with E-state index >= 15 is 0 Å². The smallest absolute Gasteiger partial charge is 0.305 e. The van der Waals surface area contributed by atoms with Crippen molar-refractivity contribution in [3.05, 3.63) is 24.3 Å². The van der Waals surface area contributed by atoms with E-state index < -0.39 is 12.1 Å². The number of carbonyl (C=O) groups excluding carboxylic acids is 2. The molecule has 0 aromatic rings. The number of aliphatic hydroxyl groups excluding tert-OH is 2. The third kappa shape index (κ3) is 69.4. The van der Waals surface area contributed by atoms with Gasteiger partial charge < -0.3 is 20.3 Å². The topological polar surface area (TPSA) is 95.9 Å². The number of nitrogens with one attached hydrogen (secondary N) is 1. The summed E-state index contributed by atoms with van der Waals surface area (Å²) in [4.78, 5) is 24.6. The molecule has 0 rings (SSSR count). The van der Waals surface area contributed by atoms with Crippen molar-refractivity contribution in [2.75, 3.05) is 13.2 Å². The number of unbranched alkanes of at least 4 members (excludes halogenated alkanes) is 58. The molecule has 0 aliphatic heterocycles. The highest BCUT2D eigenvalue weighted by molar-refractivity contribution is 5.76. The molecule has 0 aliphatic carbocycles. The second-order valence-corrected chi connectivity index (χ2v) is 26.7. The summed E-state index contributed by atoms with van der Waals surface area (Å²) in [7, 11) is 0. The quantitative estimate of drug-likeness (QED) is 0.0320. The Morgan fingerprint density at radius 1 is 0.333 bits per heavy atom. The van der Waals surface area contributed by atoms with Crippen molar-refractivity contribution in [2.24, 2.45) is 0 Å². The molecule has 0 fully saturated rings. The molecule has 0 radical (unpaired) electrons. The molecule has 0 heterocycles. The zero-order valence-electron chi connectivity index (χ0n) is 57.2. The summed E-state index contributed by atoms with van der Waals surface area (Å²) >= 11 is 0. The highest BCUT2D eigenvalue weighted by Crippen LogP contribution is 2.20. The normalized spacial score (nSPS) is 12.6. The maximum absolute atomic E-state index is 12.6. The van der Waals surface area contributed by atoms with E-state index in [1.807, 2.05) is 0 Å². The van der Waals surface area contributed by atoms with Crippen LogP contribution in [0.3, 0.4) is 0 Å². The zero-order valence-corrected chi connectivity index (χ0v) is 57.2. The second-order valence-electron chi connectivity index (χ2n) is 26.7. The minimum absolute atomic E-state index is 0.00634. The maximum atomic E-state index is 12.6. The first kappa shape index (κ1) is 82.3. The minimum atomic E-state index is -0.663. The molecule has 84 heavy (non-hydrogen) atoms. The zero-order chi connectivity index (χ0) is 60.6. The van der Waals surface area contributed by atoms with Crippen LogP contribution >= 0.6 is 0 Å². The van der Waals surface area contributed by atoms with Gasteiger partial charge >= 0.3 is 5.97 Å². The summed E-state index contributed by atoms with van der Waals surface area (Å²) in [6.45, 7) is 4.96. The lowest BCUT2D eigenvalue weighted by molar-refractivity contribution is -0.143. The predicted molar refractivity (Wildman–Crippen MR) is 370 cm³/mol. The van der Waals surface area contributed by atoms with E-state index in [-0.39, 0.29) is 18.5 Å². The van der Waals surface area contributed by atoms with Gasteiger partial charge in [0.15, 0.2) is 0 Å². The number of carbonyl (C=O) groups is 2. The van der Waals surface area contributed by atoms with E-state index in [1.54, 1.807) is 0 Å². The van der Waals surface area contributed by atoms with Gasteiger partial charge in [-0.05, 0) is 51.4 Å². The van der Waals surface area contributed by atoms with E-state index in [2.05, 4.69) is 43.5 Å². The number of aliphatic hydroxyl groups is 2. The summed E-state index contributed by atoms with van der Waals surface area (Å²) in [5, 5.41) is 23.5. The van der Waals surface area contributed by atoms with Gasteiger partial charge in [0.25, 0.3) is 0 Å². The van der Waals surface area contributed by atoms with Gasteiger partial charge in [-0.15, -0.1) is 0 Å². The monoisotopic (exact) mass is 1180 g/mol. The van der Waals surface area contributed by atoms with Crippen molar-refractivity contribution in [1.29, 1.82) is 0 Å². The standard InChI is InChI=1S/C78H151NO5/c1-3-5-7-9-11-13-15-17-19-20-21-22-31-34-37-40-43-46-50-54-58-62-66-70-76(81)75(74-80)79-77(82)71-67-63-59-55-51-47-44-41-38-35-32-29-27-25-23-24-26-28-30-33-36-39-42-45-49-53-57-61-65-69-73-84-78(83)72-68-64-60-56-52-48-18-16-14-12-10-8-6-4-2/h10,12,16,18,75-76,80-81H,3-9,11,13-15,17,19-74H2,1-2H3,(H,79,82)/b12-10-,18-16-. The van der Waals surface area contributed by atoms with Crippen LogP contribution in [0.5, 0.6) is 0 Å². The average molecular weight is 1180 g/mol. The Morgan fingerprint density at radius 2 is 0.607 bits per heavy atom. The van der Waals surface area contributed by atoms with Crippen molar-refractivity contribution in [3.63, 3.8) is 0 Å². The number of amides is 1. The van der Waals surface area contributed by atoms with Crippen LogP contribution in [0.1, 0.15) is 438 Å². The first-order chi connectivity index (χ1) is 41.5. The first-order valence-corrected chi connectivity index (χ1v) is 38.6. The first-order valence-electron chi connectivity index (χ1n) is 38.6. The van der Waals surface area contributed by atoms with Gasteiger partial charge in [0.2, 0.25) is 5.91 Å². The maximum Gasteiger partial charge on any atom is 0.305 e. The molecule has 0 spiro atoms. The van der Waals surface area contributed by atoms with Gasteiger partial charge in [-0.3, -0.25) is 9.59 Å². The molecule has 2 atom stereocenters. The molecule has 498 valence electrons. The molecular weight excluding hydrogens is 1030 g/mol. The molecule has 2 unspecified atom stereocenters. The Balaban J connectivity index is 3.34. The van der Waals surface area contributed by atoms with Gasteiger partial charge in [0.1, 0.15) is 0 Å². The molecule has 0 aromatic heterocycles. The van der Waals surface area contributed by atoms with Crippen molar-refractivity contribution in [2.45, 2.75) is 450 Å². The molecule has 1 amide bonds. The van der Waals surface area contributed by atoms with Crippen LogP contribution in [0.4, 0.5) is 0 Å². The fourth-order valence-electron chi connectivity index (χ4n) is 12.4. The van der Waals surface area contributed by atoms with E-state index in [0.717, 1.165) is 51.4 Å². The van der Waals surface area contributed by atoms with Crippen LogP contribution < -0.4 is 5.32 Å². The Labute approximate surface area is 526 Å². The van der Waals surface area contributed by atoms with Crippen molar-refractivity contribution in [3.8, 4) is 0 Å². The van der Waals surface area contributed by atoms with E-state index in [4.69, 9.17) is 4.74 Å².